The lowest BCUT2D eigenvalue weighted by Gasteiger charge is -2.39. The van der Waals surface area contributed by atoms with Crippen LogP contribution in [0.5, 0.6) is 46.0 Å². The van der Waals surface area contributed by atoms with Crippen LogP contribution >= 0.6 is 23.2 Å². The zero-order chi connectivity index (χ0) is 66.2. The van der Waals surface area contributed by atoms with Gasteiger partial charge in [-0.05, 0) is 102 Å². The maximum absolute atomic E-state index is 15.8. The Morgan fingerprint density at radius 2 is 1.24 bits per heavy atom. The summed E-state index contributed by atoms with van der Waals surface area (Å²) < 4.78 is 24.8. The van der Waals surface area contributed by atoms with Gasteiger partial charge < -0.3 is 113 Å². The van der Waals surface area contributed by atoms with Gasteiger partial charge in [0.15, 0.2) is 29.0 Å². The second kappa shape index (κ2) is 27.2. The van der Waals surface area contributed by atoms with Crippen molar-refractivity contribution < 1.29 is 108 Å². The molecule has 0 saturated carbocycles. The predicted molar refractivity (Wildman–Crippen MR) is 313 cm³/mol. The molecule has 5 aromatic rings. The summed E-state index contributed by atoms with van der Waals surface area (Å²) in [5.74, 6) is -16.2. The topological polar surface area (TPSA) is 486 Å². The van der Waals surface area contributed by atoms with Gasteiger partial charge in [-0.3, -0.25) is 33.6 Å². The largest absolute Gasteiger partial charge is 0.507 e. The number of primary amides is 1. The van der Waals surface area contributed by atoms with Gasteiger partial charge in [0.1, 0.15) is 84.1 Å². The van der Waals surface area contributed by atoms with Crippen molar-refractivity contribution in [3.05, 3.63) is 117 Å². The zero-order valence-electron chi connectivity index (χ0n) is 48.0. The summed E-state index contributed by atoms with van der Waals surface area (Å²) in [6.45, 7) is 2.68. The van der Waals surface area contributed by atoms with Gasteiger partial charge in [-0.2, -0.15) is 0 Å². The van der Waals surface area contributed by atoms with Crippen LogP contribution in [0.25, 0.3) is 11.1 Å². The first-order valence-corrected chi connectivity index (χ1v) is 28.7. The number of halogens is 2. The number of hydrogen-bond donors (Lipinski definition) is 18. The molecule has 0 radical (unpaired) electrons. The predicted octanol–water partition coefficient (Wildman–Crippen LogP) is -0.131. The van der Waals surface area contributed by atoms with Crippen molar-refractivity contribution in [2.45, 2.75) is 112 Å². The number of hydrogen-bond acceptors (Lipinski definition) is 22. The fraction of sp³-hybridized carbons (Fsp3) is 0.356. The summed E-state index contributed by atoms with van der Waals surface area (Å²) in [4.78, 5) is 115. The minimum Gasteiger partial charge on any atom is -0.507 e. The molecule has 0 aliphatic carbocycles. The van der Waals surface area contributed by atoms with E-state index in [9.17, 15) is 75.0 Å². The van der Waals surface area contributed by atoms with E-state index in [-0.39, 0.29) is 45.6 Å². The molecule has 1 saturated heterocycles. The number of aliphatic hydroxyl groups excluding tert-OH is 6. The molecule has 5 aromatic carbocycles. The molecule has 6 heterocycles. The second-order valence-electron chi connectivity index (χ2n) is 22.1. The fourth-order valence-corrected chi connectivity index (χ4v) is 11.1. The van der Waals surface area contributed by atoms with E-state index in [2.05, 4.69) is 37.2 Å². The van der Waals surface area contributed by atoms with E-state index in [0.29, 0.717) is 0 Å². The Hall–Kier alpha value is -9.08. The number of carbonyl (C=O) groups excluding carboxylic acids is 7. The van der Waals surface area contributed by atoms with Crippen molar-refractivity contribution in [1.29, 1.82) is 0 Å². The molecule has 1 fully saturated rings. The highest BCUT2D eigenvalue weighted by molar-refractivity contribution is 6.32. The Balaban J connectivity index is 1.32. The molecule has 91 heavy (non-hydrogen) atoms. The van der Waals surface area contributed by atoms with Gasteiger partial charge in [0.2, 0.25) is 53.4 Å². The standard InChI is InChI=1S/C59H62Cl2N8O22/c1-20(2)12-29(63-3)52(80)68-43-45(74)22-5-10-33(27(60)14-22)88-35-16-24-17-36(51(35)91-59-50(79)49(78)48(77)37(19-70)90-59)89-34-11-6-23(15-28(34)61)46(75)44-57(85)67-42(58(86)87)25-7-9-32(72)47(76)39(25)26-13-21(4-8-31(26)71)40(54(82)69-44)66-55(83)41(24)65-53(81)30(18-38(62)73)64-56(43)84/h4-11,13-17,20,29-30,37,40-46,48-50,59,63,70-72,74-79H,12,18-19H2,1-3H3,(H2,62,73)(H,64,84)(H,65,81)(H,66,83)(H,67,85)(H,68,80)(H,69,82)(H,86,87)/t29-,30+,37-,40-,41-,42+,43-,44+,45-,46-,48-,49+,50-,59+/m1/s1. The number of aliphatic carboxylic acids is 1. The fourth-order valence-electron chi connectivity index (χ4n) is 10.7. The van der Waals surface area contributed by atoms with Crippen LogP contribution in [-0.4, -0.2) is 167 Å². The summed E-state index contributed by atoms with van der Waals surface area (Å²) in [7, 11) is 1.47. The molecule has 0 spiro atoms. The molecular weight excluding hydrogens is 1240 g/mol. The number of fused-ring (bicyclic) bond motifs is 15. The summed E-state index contributed by atoms with van der Waals surface area (Å²) in [5, 5.41) is 128. The van der Waals surface area contributed by atoms with Crippen LogP contribution < -0.4 is 57.2 Å². The molecule has 0 unspecified atom stereocenters. The Morgan fingerprint density at radius 1 is 0.659 bits per heavy atom. The second-order valence-corrected chi connectivity index (χ2v) is 23.0. The minimum absolute atomic E-state index is 0.0833. The van der Waals surface area contributed by atoms with Gasteiger partial charge in [0, 0.05) is 11.1 Å². The number of carboxylic acids is 1. The number of phenols is 3. The number of benzene rings is 5. The molecule has 6 aliphatic rings. The number of nitrogens with two attached hydrogens (primary N) is 1. The number of rotatable bonds is 11. The van der Waals surface area contributed by atoms with Crippen molar-refractivity contribution >= 4 is 70.5 Å². The Morgan fingerprint density at radius 3 is 1.82 bits per heavy atom. The van der Waals surface area contributed by atoms with Crippen molar-refractivity contribution in [2.75, 3.05) is 13.7 Å². The van der Waals surface area contributed by atoms with Crippen LogP contribution in [0.4, 0.5) is 0 Å². The van der Waals surface area contributed by atoms with E-state index in [4.69, 9.17) is 47.9 Å². The van der Waals surface area contributed by atoms with E-state index in [1.807, 2.05) is 13.8 Å². The van der Waals surface area contributed by atoms with E-state index >= 15 is 14.4 Å². The summed E-state index contributed by atoms with van der Waals surface area (Å²) in [6.07, 6.45) is -14.9. The molecule has 11 bridgehead atoms. The first-order chi connectivity index (χ1) is 43.1. The SMILES string of the molecule is CN[C@H](CC(C)C)C(=O)N[C@H]1C(=O)N[C@@H](CC(N)=O)C(=O)N[C@H]2C(=O)N[C@H]3C(=O)N[C@H](C(=O)N[C@H](C(=O)O)c4ccc(O)c(O)c4-c4cc3ccc4O)[C@H](O)c3ccc(c(Cl)c3)Oc3cc2cc(c3O[C@@H]2O[C@H](CO)[C@@H](O)[C@H](O)[C@H]2O)Oc2ccc(cc2Cl)[C@H]1O. The van der Waals surface area contributed by atoms with Gasteiger partial charge in [-0.1, -0.05) is 61.3 Å². The lowest BCUT2D eigenvalue weighted by Crippen LogP contribution is -2.60. The van der Waals surface area contributed by atoms with Crippen molar-refractivity contribution in [3.8, 4) is 57.1 Å². The third kappa shape index (κ3) is 13.8. The highest BCUT2D eigenvalue weighted by atomic mass is 35.5. The van der Waals surface area contributed by atoms with Gasteiger partial charge in [-0.15, -0.1) is 0 Å². The first-order valence-electron chi connectivity index (χ1n) is 27.9. The molecule has 7 amide bonds. The maximum Gasteiger partial charge on any atom is 0.330 e. The van der Waals surface area contributed by atoms with Gasteiger partial charge in [-0.25, -0.2) is 4.79 Å². The third-order valence-electron chi connectivity index (χ3n) is 15.5. The molecule has 11 rings (SSSR count). The van der Waals surface area contributed by atoms with Crippen LogP contribution in [0.15, 0.2) is 78.9 Å². The van der Waals surface area contributed by atoms with E-state index < -0.39 is 207 Å². The Bertz CT molecular complexity index is 3730. The summed E-state index contributed by atoms with van der Waals surface area (Å²) in [6, 6.07) is -0.364. The summed E-state index contributed by atoms with van der Waals surface area (Å²) in [5.41, 5.74) is 2.84. The number of phenolic OH excluding ortho intramolecular Hbond substituents is 3. The highest BCUT2D eigenvalue weighted by Crippen LogP contribution is 2.49. The number of carboxylic acid groups (broad SMARTS) is 1. The minimum atomic E-state index is -2.32. The van der Waals surface area contributed by atoms with Crippen molar-refractivity contribution in [1.82, 2.24) is 37.2 Å². The number of likely N-dealkylation sites (N-methyl/N-ethyl adjacent to an activating group) is 1. The van der Waals surface area contributed by atoms with Crippen LogP contribution in [0.3, 0.4) is 0 Å². The Kier molecular flexibility index (Phi) is 19.8. The average molecular weight is 1310 g/mol. The number of aliphatic hydroxyl groups is 6. The number of ether oxygens (including phenoxy) is 4. The van der Waals surface area contributed by atoms with Gasteiger partial charge in [0.05, 0.1) is 29.1 Å². The molecule has 14 atom stereocenters. The Labute approximate surface area is 525 Å². The monoisotopic (exact) mass is 1300 g/mol. The zero-order valence-corrected chi connectivity index (χ0v) is 49.5. The maximum atomic E-state index is 15.8. The average Bonchev–Trinajstić information content (AvgIpc) is 0.783. The van der Waals surface area contributed by atoms with E-state index in [0.717, 1.165) is 66.7 Å². The molecule has 0 aromatic heterocycles. The third-order valence-corrected chi connectivity index (χ3v) is 16.0. The summed E-state index contributed by atoms with van der Waals surface area (Å²) >= 11 is 13.8. The van der Waals surface area contributed by atoms with Crippen molar-refractivity contribution in [3.63, 3.8) is 0 Å². The van der Waals surface area contributed by atoms with E-state index in [1.165, 1.54) is 19.2 Å². The first kappa shape index (κ1) is 66.3. The molecule has 6 aliphatic heterocycles. The number of amides is 7. The number of aromatic hydroxyl groups is 3. The van der Waals surface area contributed by atoms with E-state index in [1.54, 1.807) is 0 Å². The lowest BCUT2D eigenvalue weighted by molar-refractivity contribution is -0.277. The molecule has 32 heteroatoms. The van der Waals surface area contributed by atoms with Crippen LogP contribution in [0.2, 0.25) is 10.0 Å². The van der Waals surface area contributed by atoms with Crippen LogP contribution in [-0.2, 0) is 43.1 Å². The molecular formula is C59H62Cl2N8O22. The van der Waals surface area contributed by atoms with Crippen LogP contribution in [0.1, 0.15) is 84.8 Å². The smallest absolute Gasteiger partial charge is 0.330 e. The highest BCUT2D eigenvalue weighted by Gasteiger charge is 2.47. The normalized spacial score (nSPS) is 26.2. The van der Waals surface area contributed by atoms with Gasteiger partial charge in [0.25, 0.3) is 0 Å². The molecule has 484 valence electrons. The van der Waals surface area contributed by atoms with Gasteiger partial charge >= 0.3 is 5.97 Å². The van der Waals surface area contributed by atoms with Crippen molar-refractivity contribution in [2.24, 2.45) is 11.7 Å². The molecule has 30 nitrogen and oxygen atoms in total. The number of carbonyl (C=O) groups is 8. The molecule has 19 N–H and O–H groups in total. The lowest BCUT2D eigenvalue weighted by atomic mass is 9.89. The quantitative estimate of drug-likeness (QED) is 0.0766. The number of nitrogens with one attached hydrogen (secondary N) is 7. The van der Waals surface area contributed by atoms with Crippen LogP contribution in [0, 0.1) is 5.92 Å².